The number of phosphoric acid groups is 1. The van der Waals surface area contributed by atoms with Crippen molar-refractivity contribution >= 4 is 152 Å². The molecule has 6 fully saturated rings. The number of nitrogen functional groups attached to an aromatic ring is 6. The molecule has 18 heterocycles. The number of anilines is 6. The molecule has 68 heteroatoms. The highest BCUT2D eigenvalue weighted by Crippen LogP contribution is 2.52. The Morgan fingerprint density at radius 3 is 0.848 bits per heavy atom. The van der Waals surface area contributed by atoms with Crippen LogP contribution in [-0.2, 0) is 106 Å². The van der Waals surface area contributed by atoms with Crippen LogP contribution in [0.5, 0.6) is 0 Å². The number of nitrogens with one attached hydrogen (secondary N) is 6. The summed E-state index contributed by atoms with van der Waals surface area (Å²) in [6, 6.07) is 0. The van der Waals surface area contributed by atoms with Gasteiger partial charge in [0.2, 0.25) is 35.7 Å². The fourth-order valence-electron chi connectivity index (χ4n) is 16.4. The number of nitrogens with two attached hydrogens (primary N) is 6. The highest BCUT2D eigenvalue weighted by Gasteiger charge is 2.60. The SMILES string of the molecule is C#CC1C(O)C(CO[P+](=O)OC2C(CO[P+](=O)OC3C(CO[P+](=O)OC4C(CO[P+](=O)OC5C(CO[P+](=O)OC6CC(n7cnc8c(=O)[nH]c(N)nc87)OC6COP(=O)(O)O)OC(n6cnc7c(=O)[nH]c(N)nc76)C5C#C)OC(n5cnc6c(=O)[nH]c(N)nc65)C4C#C)OC(n4cnc5c(=O)[nH]c(N)nc54)C3C#C)OC(n3cnc4c(=O)[nH]c(N)nc43)C2C#C)OC1n1cnc2c(=O)[nH]c(N)nc21. The van der Waals surface area contributed by atoms with Gasteiger partial charge in [0.05, 0.1) is 74.2 Å². The van der Waals surface area contributed by atoms with Gasteiger partial charge >= 0.3 is 49.1 Å². The average Bonchev–Trinajstić information content (AvgIpc) is 1.63. The Labute approximate surface area is 768 Å². The van der Waals surface area contributed by atoms with E-state index < -0.39 is 274 Å². The van der Waals surface area contributed by atoms with E-state index >= 15 is 0 Å². The van der Waals surface area contributed by atoms with E-state index in [0.717, 1.165) is 31.6 Å². The first-order valence-electron chi connectivity index (χ1n) is 40.0. The van der Waals surface area contributed by atoms with Gasteiger partial charge in [0.15, 0.2) is 123 Å². The van der Waals surface area contributed by atoms with Gasteiger partial charge in [0.25, 0.3) is 33.4 Å². The molecule has 138 heavy (non-hydrogen) atoms. The molecule has 0 radical (unpaired) electrons. The molecule has 0 aliphatic carbocycles. The quantitative estimate of drug-likeness (QED) is 0.0154. The number of aromatic nitrogens is 24. The molecule has 0 spiro atoms. The van der Waals surface area contributed by atoms with Crippen LogP contribution >= 0.6 is 49.1 Å². The molecule has 0 aromatic carbocycles. The molecule has 6 aliphatic rings. The van der Waals surface area contributed by atoms with Crippen molar-refractivity contribution in [3.63, 3.8) is 0 Å². The lowest BCUT2D eigenvalue weighted by Gasteiger charge is -2.16. The summed E-state index contributed by atoms with van der Waals surface area (Å²) in [4.78, 5) is 161. The number of hydrogen-bond acceptors (Lipinski definition) is 48. The molecule has 0 amide bonds. The third kappa shape index (κ3) is 18.4. The standard InChI is InChI=1S/C70H64N30O32P6/c1-6-24-43(101)31(123-60(24)96-19-78-38-49(96)84-66(72)90-55(38)103)12-116-134(109)129-45-26(8-3)62(98-21-80-40-51(98)86-68(74)92-57(40)105)125-33(45)14-118-136(111)131-47-28(10-5)64(100-23-82-42-53(100)88-70(76)94-59(42)107)127-35(47)16-120-137(112)132-46-27(9-4)63(99-22-81-41-52(99)87-69(75)93-58(41)106)126-34(46)15-119-135(110)130-44-25(7-2)61(97-20-79-39-50(97)85-67(73)91-56(39)104)124-32(44)13-117-133(108)128-29-11-36(122-30(29)17-121-138(113,114)115)95-18-77-37-48(95)83-65(71)89-54(37)102/h1-5,18-36,43-47,60-64,101H,11-17H2,(H15-5,71,72,73,74,75,76,83,84,85,86,87,88,89,90,91,92,93,94,102,103,104,105,106,107,113,114,115)/p+5. The van der Waals surface area contributed by atoms with Crippen molar-refractivity contribution in [3.05, 3.63) is 100 Å². The van der Waals surface area contributed by atoms with Crippen molar-refractivity contribution in [2.75, 3.05) is 74.0 Å². The maximum Gasteiger partial charge on any atom is 0.697 e. The monoisotopic (exact) mass is 2030 g/mol. The third-order valence-electron chi connectivity index (χ3n) is 22.4. The zero-order valence-electron chi connectivity index (χ0n) is 69.5. The fraction of sp³-hybridized carbons (Fsp3) is 0.429. The fourth-order valence-corrected chi connectivity index (χ4v) is 20.7. The molecule has 28 atom stereocenters. The van der Waals surface area contributed by atoms with Crippen LogP contribution in [0.3, 0.4) is 0 Å². The number of aromatic amines is 6. The van der Waals surface area contributed by atoms with Crippen molar-refractivity contribution in [1.29, 1.82) is 0 Å². The van der Waals surface area contributed by atoms with Gasteiger partial charge in [-0.3, -0.25) is 90.6 Å². The van der Waals surface area contributed by atoms with E-state index in [-0.39, 0.29) is 97.2 Å². The van der Waals surface area contributed by atoms with Crippen LogP contribution in [0.1, 0.15) is 43.8 Å². The van der Waals surface area contributed by atoms with Crippen molar-refractivity contribution in [2.45, 2.75) is 117 Å². The number of fused-ring (bicyclic) bond motifs is 6. The lowest BCUT2D eigenvalue weighted by atomic mass is 10.0. The lowest BCUT2D eigenvalue weighted by Crippen LogP contribution is -2.33. The van der Waals surface area contributed by atoms with Crippen LogP contribution in [0.4, 0.5) is 35.7 Å². The van der Waals surface area contributed by atoms with Crippen LogP contribution in [0, 0.1) is 91.3 Å². The first-order valence-corrected chi connectivity index (χ1v) is 47.0. The minimum absolute atomic E-state index is 0.0563. The first-order chi connectivity index (χ1) is 66.1. The molecule has 12 aromatic heterocycles. The molecule has 21 N–H and O–H groups in total. The Morgan fingerprint density at radius 1 is 0.355 bits per heavy atom. The predicted molar refractivity (Wildman–Crippen MR) is 461 cm³/mol. The van der Waals surface area contributed by atoms with E-state index in [1.807, 2.05) is 0 Å². The highest BCUT2D eigenvalue weighted by molar-refractivity contribution is 7.46. The minimum Gasteiger partial charge on any atom is -0.389 e. The Morgan fingerprint density at radius 2 is 0.587 bits per heavy atom. The predicted octanol–water partition coefficient (Wildman–Crippen LogP) is -1.93. The summed E-state index contributed by atoms with van der Waals surface area (Å²) in [5.41, 5.74) is 28.6. The number of aliphatic hydroxyl groups is 1. The number of imidazole rings is 6. The Hall–Kier alpha value is -13.4. The van der Waals surface area contributed by atoms with Gasteiger partial charge in [0.1, 0.15) is 88.1 Å². The molecule has 0 saturated carbocycles. The first kappa shape index (κ1) is 95.0. The van der Waals surface area contributed by atoms with E-state index in [4.69, 9.17) is 145 Å². The second-order valence-electron chi connectivity index (χ2n) is 30.6. The van der Waals surface area contributed by atoms with Gasteiger partial charge < -0.3 is 77.7 Å². The summed E-state index contributed by atoms with van der Waals surface area (Å²) in [7, 11) is -22.7. The second-order valence-corrected chi connectivity index (χ2v) is 36.4. The van der Waals surface area contributed by atoms with E-state index in [0.29, 0.717) is 0 Å². The molecule has 28 unspecified atom stereocenters. The van der Waals surface area contributed by atoms with Crippen molar-refractivity contribution < 1.29 is 120 Å². The molecule has 18 rings (SSSR count). The summed E-state index contributed by atoms with van der Waals surface area (Å²) in [6.45, 7) is -5.12. The smallest absolute Gasteiger partial charge is 0.389 e. The molecule has 6 aliphatic heterocycles. The number of rotatable bonds is 34. The summed E-state index contributed by atoms with van der Waals surface area (Å²) in [6.07, 6.45) is 9.88. The van der Waals surface area contributed by atoms with Crippen LogP contribution in [0.2, 0.25) is 0 Å². The summed E-state index contributed by atoms with van der Waals surface area (Å²) in [5.74, 6) is 3.41. The maximum absolute atomic E-state index is 14.9. The molecule has 62 nitrogen and oxygen atoms in total. The van der Waals surface area contributed by atoms with E-state index in [1.165, 1.54) is 33.7 Å². The van der Waals surface area contributed by atoms with Gasteiger partial charge in [-0.15, -0.1) is 77.4 Å². The second kappa shape index (κ2) is 38.5. The van der Waals surface area contributed by atoms with E-state index in [1.54, 1.807) is 0 Å². The average molecular weight is 2030 g/mol. The van der Waals surface area contributed by atoms with Crippen LogP contribution in [0.15, 0.2) is 66.7 Å². The van der Waals surface area contributed by atoms with Gasteiger partial charge in [0, 0.05) is 29.2 Å². The van der Waals surface area contributed by atoms with E-state index in [9.17, 15) is 71.1 Å². The van der Waals surface area contributed by atoms with Crippen molar-refractivity contribution in [3.8, 4) is 61.7 Å². The van der Waals surface area contributed by atoms with Crippen LogP contribution < -0.4 is 67.8 Å². The largest absolute Gasteiger partial charge is 0.697 e. The number of hydrogen-bond donors (Lipinski definition) is 15. The van der Waals surface area contributed by atoms with Crippen molar-refractivity contribution in [1.82, 2.24) is 117 Å². The molecule has 12 aromatic rings. The summed E-state index contributed by atoms with van der Waals surface area (Å²) >= 11 is 0. The van der Waals surface area contributed by atoms with Gasteiger partial charge in [-0.2, -0.15) is 29.9 Å². The number of phosphoric ester groups is 1. The van der Waals surface area contributed by atoms with Gasteiger partial charge in [-0.25, -0.2) is 34.5 Å². The Balaban J connectivity index is 0.590. The number of H-pyrrole nitrogens is 6. The van der Waals surface area contributed by atoms with Crippen LogP contribution in [-0.4, -0.2) is 245 Å². The normalized spacial score (nSPS) is 28.2. The van der Waals surface area contributed by atoms with E-state index in [2.05, 4.69) is 119 Å². The number of ether oxygens (including phenoxy) is 6. The Kier molecular flexibility index (Phi) is 26.5. The lowest BCUT2D eigenvalue weighted by molar-refractivity contribution is -0.0515. The minimum atomic E-state index is -5.20. The zero-order valence-corrected chi connectivity index (χ0v) is 74.8. The zero-order chi connectivity index (χ0) is 97.5. The maximum atomic E-state index is 14.9. The number of terminal acetylenes is 5. The molecule has 6 saturated heterocycles. The molecular weight excluding hydrogens is 1960 g/mol. The number of aliphatic hydroxyl groups excluding tert-OH is 1. The summed E-state index contributed by atoms with van der Waals surface area (Å²) < 4.78 is 194. The number of nitrogens with zero attached hydrogens (tertiary/aromatic N) is 18. The van der Waals surface area contributed by atoms with Gasteiger partial charge in [-0.05, 0) is 0 Å². The molecular formula is C70H69N30O32P6+5. The highest BCUT2D eigenvalue weighted by atomic mass is 31.2. The third-order valence-corrected chi connectivity index (χ3v) is 26.8. The van der Waals surface area contributed by atoms with Crippen molar-refractivity contribution in [2.24, 2.45) is 29.6 Å². The van der Waals surface area contributed by atoms with Crippen LogP contribution in [0.25, 0.3) is 67.0 Å². The van der Waals surface area contributed by atoms with Gasteiger partial charge in [-0.1, -0.05) is 29.6 Å². The topological polar surface area (TPSA) is 858 Å². The molecule has 0 bridgehead atoms. The molecule has 716 valence electrons. The summed E-state index contributed by atoms with van der Waals surface area (Å²) in [5, 5.41) is 11.5. The Bertz CT molecular complexity index is 7610.